The van der Waals surface area contributed by atoms with E-state index in [9.17, 15) is 9.18 Å². The molecule has 4 aromatic rings. The van der Waals surface area contributed by atoms with Crippen molar-refractivity contribution in [3.63, 3.8) is 0 Å². The SMILES string of the molecule is CCc1c(F)cccc1Nc1cc(Nc2ccn(C)n2)nc2[nH]n(C)c(=O)c12. The van der Waals surface area contributed by atoms with Gasteiger partial charge in [0, 0.05) is 43.7 Å². The Labute approximate surface area is 160 Å². The zero-order valence-corrected chi connectivity index (χ0v) is 15.7. The minimum atomic E-state index is -0.286. The smallest absolute Gasteiger partial charge is 0.277 e. The van der Waals surface area contributed by atoms with Crippen LogP contribution in [-0.4, -0.2) is 24.5 Å². The summed E-state index contributed by atoms with van der Waals surface area (Å²) in [7, 11) is 3.44. The number of nitrogens with zero attached hydrogens (tertiary/aromatic N) is 4. The molecule has 144 valence electrons. The molecule has 9 heteroatoms. The molecule has 8 nitrogen and oxygen atoms in total. The highest BCUT2D eigenvalue weighted by molar-refractivity contribution is 5.93. The Kier molecular flexibility index (Phi) is 4.34. The fraction of sp³-hybridized carbons (Fsp3) is 0.211. The van der Waals surface area contributed by atoms with Gasteiger partial charge in [-0.1, -0.05) is 13.0 Å². The average molecular weight is 381 g/mol. The summed E-state index contributed by atoms with van der Waals surface area (Å²) >= 11 is 0. The third-order valence-corrected chi connectivity index (χ3v) is 4.52. The number of benzene rings is 1. The largest absolute Gasteiger partial charge is 0.354 e. The second-order valence-corrected chi connectivity index (χ2v) is 6.50. The summed E-state index contributed by atoms with van der Waals surface area (Å²) in [6.45, 7) is 1.88. The Morgan fingerprint density at radius 1 is 1.14 bits per heavy atom. The molecule has 0 saturated heterocycles. The van der Waals surface area contributed by atoms with Crippen molar-refractivity contribution in [1.82, 2.24) is 24.5 Å². The molecule has 0 aliphatic carbocycles. The third-order valence-electron chi connectivity index (χ3n) is 4.52. The van der Waals surface area contributed by atoms with Crippen LogP contribution in [0.2, 0.25) is 0 Å². The van der Waals surface area contributed by atoms with Crippen molar-refractivity contribution < 1.29 is 4.39 Å². The highest BCUT2D eigenvalue weighted by Gasteiger charge is 2.16. The van der Waals surface area contributed by atoms with E-state index in [-0.39, 0.29) is 11.4 Å². The van der Waals surface area contributed by atoms with Crippen LogP contribution in [0.3, 0.4) is 0 Å². The van der Waals surface area contributed by atoms with Crippen molar-refractivity contribution in [2.24, 2.45) is 14.1 Å². The van der Waals surface area contributed by atoms with E-state index in [4.69, 9.17) is 0 Å². The van der Waals surface area contributed by atoms with Crippen LogP contribution in [0.1, 0.15) is 12.5 Å². The monoisotopic (exact) mass is 381 g/mol. The molecule has 28 heavy (non-hydrogen) atoms. The first-order chi connectivity index (χ1) is 13.5. The lowest BCUT2D eigenvalue weighted by molar-refractivity contribution is 0.613. The van der Waals surface area contributed by atoms with Crippen molar-refractivity contribution in [2.45, 2.75) is 13.3 Å². The van der Waals surface area contributed by atoms with Gasteiger partial charge in [-0.15, -0.1) is 0 Å². The fourth-order valence-electron chi connectivity index (χ4n) is 3.18. The number of pyridine rings is 1. The van der Waals surface area contributed by atoms with Gasteiger partial charge in [0.15, 0.2) is 11.5 Å². The van der Waals surface area contributed by atoms with Crippen LogP contribution in [0.5, 0.6) is 0 Å². The van der Waals surface area contributed by atoms with E-state index >= 15 is 0 Å². The number of H-pyrrole nitrogens is 1. The number of rotatable bonds is 5. The summed E-state index contributed by atoms with van der Waals surface area (Å²) in [5.74, 6) is 0.843. The second-order valence-electron chi connectivity index (χ2n) is 6.50. The van der Waals surface area contributed by atoms with Gasteiger partial charge in [-0.05, 0) is 18.6 Å². The van der Waals surface area contributed by atoms with Crippen LogP contribution < -0.4 is 16.2 Å². The van der Waals surface area contributed by atoms with Gasteiger partial charge in [0.2, 0.25) is 0 Å². The number of aryl methyl sites for hydroxylation is 2. The van der Waals surface area contributed by atoms with Gasteiger partial charge in [-0.25, -0.2) is 9.37 Å². The molecule has 0 radical (unpaired) electrons. The molecule has 0 spiro atoms. The molecule has 0 saturated carbocycles. The maximum Gasteiger partial charge on any atom is 0.277 e. The quantitative estimate of drug-likeness (QED) is 0.494. The molecule has 0 unspecified atom stereocenters. The molecule has 4 rings (SSSR count). The Balaban J connectivity index is 1.83. The molecular formula is C19H20FN7O. The van der Waals surface area contributed by atoms with E-state index in [1.807, 2.05) is 26.2 Å². The van der Waals surface area contributed by atoms with Gasteiger partial charge < -0.3 is 10.6 Å². The summed E-state index contributed by atoms with van der Waals surface area (Å²) in [6.07, 6.45) is 2.33. The molecule has 0 amide bonds. The molecule has 0 fully saturated rings. The number of aromatic nitrogens is 5. The molecule has 3 N–H and O–H groups in total. The first kappa shape index (κ1) is 17.8. The number of nitrogens with one attached hydrogen (secondary N) is 3. The third kappa shape index (κ3) is 3.11. The Morgan fingerprint density at radius 2 is 1.96 bits per heavy atom. The number of hydrogen-bond acceptors (Lipinski definition) is 5. The zero-order chi connectivity index (χ0) is 19.8. The molecule has 0 bridgehead atoms. The predicted molar refractivity (Wildman–Crippen MR) is 107 cm³/mol. The minimum Gasteiger partial charge on any atom is -0.354 e. The Bertz CT molecular complexity index is 1220. The van der Waals surface area contributed by atoms with Crippen molar-refractivity contribution in [1.29, 1.82) is 0 Å². The zero-order valence-electron chi connectivity index (χ0n) is 15.7. The maximum absolute atomic E-state index is 14.2. The van der Waals surface area contributed by atoms with Gasteiger partial charge in [0.1, 0.15) is 17.0 Å². The van der Waals surface area contributed by atoms with Crippen LogP contribution in [0.15, 0.2) is 41.3 Å². The van der Waals surface area contributed by atoms with Crippen LogP contribution >= 0.6 is 0 Å². The predicted octanol–water partition coefficient (Wildman–Crippen LogP) is 3.18. The molecule has 0 aliphatic rings. The van der Waals surface area contributed by atoms with Crippen molar-refractivity contribution >= 4 is 34.0 Å². The summed E-state index contributed by atoms with van der Waals surface area (Å²) in [4.78, 5) is 17.0. The first-order valence-corrected chi connectivity index (χ1v) is 8.87. The lowest BCUT2D eigenvalue weighted by Crippen LogP contribution is -2.12. The summed E-state index contributed by atoms with van der Waals surface area (Å²) < 4.78 is 17.2. The Morgan fingerprint density at radius 3 is 2.68 bits per heavy atom. The van der Waals surface area contributed by atoms with E-state index in [0.29, 0.717) is 46.0 Å². The van der Waals surface area contributed by atoms with Gasteiger partial charge in [0.05, 0.1) is 5.69 Å². The maximum atomic E-state index is 14.2. The van der Waals surface area contributed by atoms with Crippen molar-refractivity contribution in [3.05, 3.63) is 58.3 Å². The average Bonchev–Trinajstić information content (AvgIpc) is 3.18. The van der Waals surface area contributed by atoms with E-state index in [2.05, 4.69) is 25.8 Å². The van der Waals surface area contributed by atoms with Gasteiger partial charge in [-0.2, -0.15) is 5.10 Å². The number of halogens is 1. The number of hydrogen-bond donors (Lipinski definition) is 3. The van der Waals surface area contributed by atoms with Gasteiger partial charge in [0.25, 0.3) is 5.56 Å². The van der Waals surface area contributed by atoms with Crippen LogP contribution in [0.25, 0.3) is 11.0 Å². The van der Waals surface area contributed by atoms with E-state index in [0.717, 1.165) is 0 Å². The van der Waals surface area contributed by atoms with Crippen LogP contribution in [0, 0.1) is 5.82 Å². The lowest BCUT2D eigenvalue weighted by atomic mass is 10.1. The van der Waals surface area contributed by atoms with E-state index in [1.54, 1.807) is 29.9 Å². The normalized spacial score (nSPS) is 11.1. The van der Waals surface area contributed by atoms with E-state index < -0.39 is 0 Å². The second kappa shape index (κ2) is 6.84. The highest BCUT2D eigenvalue weighted by atomic mass is 19.1. The lowest BCUT2D eigenvalue weighted by Gasteiger charge is -2.13. The fourth-order valence-corrected chi connectivity index (χ4v) is 3.18. The topological polar surface area (TPSA) is 92.6 Å². The first-order valence-electron chi connectivity index (χ1n) is 8.87. The number of aromatic amines is 1. The minimum absolute atomic E-state index is 0.219. The summed E-state index contributed by atoms with van der Waals surface area (Å²) in [6, 6.07) is 8.38. The molecule has 3 heterocycles. The van der Waals surface area contributed by atoms with Crippen LogP contribution in [-0.2, 0) is 20.5 Å². The molecular weight excluding hydrogens is 361 g/mol. The molecule has 3 aromatic heterocycles. The van der Waals surface area contributed by atoms with Crippen molar-refractivity contribution in [3.8, 4) is 0 Å². The molecule has 0 atom stereocenters. The van der Waals surface area contributed by atoms with Crippen LogP contribution in [0.4, 0.5) is 27.4 Å². The molecule has 1 aromatic carbocycles. The Hall–Kier alpha value is -3.62. The summed E-state index contributed by atoms with van der Waals surface area (Å²) in [5.41, 5.74) is 1.90. The summed E-state index contributed by atoms with van der Waals surface area (Å²) in [5, 5.41) is 14.0. The van der Waals surface area contributed by atoms with Gasteiger partial charge >= 0.3 is 0 Å². The van der Waals surface area contributed by atoms with Gasteiger partial charge in [-0.3, -0.25) is 19.3 Å². The molecule has 0 aliphatic heterocycles. The number of anilines is 4. The number of fused-ring (bicyclic) bond motifs is 1. The standard InChI is InChI=1S/C19H20FN7O/c1-4-11-12(20)6-5-7-13(11)21-14-10-16(22-15-8-9-26(2)24-15)23-18-17(14)19(28)27(3)25-18/h5-10H,4H2,1-3H3,(H3,21,22,23,24,25). The highest BCUT2D eigenvalue weighted by Crippen LogP contribution is 2.29. The van der Waals surface area contributed by atoms with Crippen molar-refractivity contribution in [2.75, 3.05) is 10.6 Å². The van der Waals surface area contributed by atoms with E-state index in [1.165, 1.54) is 10.7 Å².